The third-order valence-electron chi connectivity index (χ3n) is 4.92. The van der Waals surface area contributed by atoms with Gasteiger partial charge in [-0.1, -0.05) is 12.1 Å². The van der Waals surface area contributed by atoms with Crippen LogP contribution in [0, 0.1) is 12.7 Å². The van der Waals surface area contributed by atoms with Crippen molar-refractivity contribution in [3.05, 3.63) is 66.0 Å². The molecule has 0 saturated carbocycles. The second-order valence-corrected chi connectivity index (χ2v) is 6.78. The van der Waals surface area contributed by atoms with Gasteiger partial charge in [0.15, 0.2) is 0 Å². The fraction of sp³-hybridized carbons (Fsp3) is 0.300. The summed E-state index contributed by atoms with van der Waals surface area (Å²) in [7, 11) is 0. The Morgan fingerprint density at radius 2 is 2.07 bits per heavy atom. The van der Waals surface area contributed by atoms with Crippen molar-refractivity contribution in [1.29, 1.82) is 0 Å². The van der Waals surface area contributed by atoms with E-state index in [2.05, 4.69) is 19.9 Å². The van der Waals surface area contributed by atoms with Gasteiger partial charge < -0.3 is 9.88 Å². The zero-order chi connectivity index (χ0) is 18.8. The molecule has 0 bridgehead atoms. The number of rotatable bonds is 3. The lowest BCUT2D eigenvalue weighted by atomic mass is 9.89. The zero-order valence-corrected chi connectivity index (χ0v) is 15.0. The molecule has 1 unspecified atom stereocenters. The number of likely N-dealkylation sites (tertiary alicyclic amines) is 1. The summed E-state index contributed by atoms with van der Waals surface area (Å²) < 4.78 is 13.3. The number of carbonyl (C=O) groups excluding carboxylic acids is 1. The quantitative estimate of drug-likeness (QED) is 0.772. The lowest BCUT2D eigenvalue weighted by molar-refractivity contribution is 0.0700. The van der Waals surface area contributed by atoms with Crippen molar-refractivity contribution in [3.8, 4) is 11.1 Å². The summed E-state index contributed by atoms with van der Waals surface area (Å²) in [5.74, 6) is 0.467. The van der Waals surface area contributed by atoms with Crippen LogP contribution in [-0.2, 0) is 0 Å². The van der Waals surface area contributed by atoms with E-state index in [4.69, 9.17) is 0 Å². The van der Waals surface area contributed by atoms with Crippen molar-refractivity contribution in [2.75, 3.05) is 13.1 Å². The number of aryl methyl sites for hydroxylation is 1. The second-order valence-electron chi connectivity index (χ2n) is 6.78. The maximum atomic E-state index is 13.3. The third-order valence-corrected chi connectivity index (χ3v) is 4.92. The van der Waals surface area contributed by atoms with Crippen LogP contribution in [-0.4, -0.2) is 43.8 Å². The first kappa shape index (κ1) is 17.3. The Hall–Kier alpha value is -3.09. The monoisotopic (exact) mass is 365 g/mol. The predicted molar refractivity (Wildman–Crippen MR) is 98.6 cm³/mol. The first-order valence-corrected chi connectivity index (χ1v) is 8.99. The molecule has 27 heavy (non-hydrogen) atoms. The molecule has 138 valence electrons. The van der Waals surface area contributed by atoms with Gasteiger partial charge in [0, 0.05) is 30.8 Å². The number of aromatic nitrogens is 4. The van der Waals surface area contributed by atoms with Crippen LogP contribution in [0.4, 0.5) is 4.39 Å². The van der Waals surface area contributed by atoms with Crippen molar-refractivity contribution in [2.45, 2.75) is 25.7 Å². The fourth-order valence-electron chi connectivity index (χ4n) is 3.58. The van der Waals surface area contributed by atoms with Crippen LogP contribution in [0.1, 0.15) is 40.8 Å². The summed E-state index contributed by atoms with van der Waals surface area (Å²) in [5, 5.41) is 0. The van der Waals surface area contributed by atoms with Gasteiger partial charge in [0.25, 0.3) is 5.91 Å². The smallest absolute Gasteiger partial charge is 0.271 e. The number of nitrogens with zero attached hydrogens (tertiary/aromatic N) is 4. The van der Waals surface area contributed by atoms with Crippen LogP contribution in [0.2, 0.25) is 0 Å². The Balaban J connectivity index is 1.65. The van der Waals surface area contributed by atoms with E-state index in [1.807, 2.05) is 11.8 Å². The van der Waals surface area contributed by atoms with Crippen molar-refractivity contribution in [2.24, 2.45) is 0 Å². The highest BCUT2D eigenvalue weighted by Crippen LogP contribution is 2.33. The molecule has 6 nitrogen and oxygen atoms in total. The van der Waals surface area contributed by atoms with E-state index < -0.39 is 0 Å². The molecule has 1 aliphatic rings. The first-order chi connectivity index (χ1) is 13.1. The molecule has 7 heteroatoms. The van der Waals surface area contributed by atoms with Gasteiger partial charge in [-0.2, -0.15) is 0 Å². The molecule has 1 amide bonds. The highest BCUT2D eigenvalue weighted by atomic mass is 19.1. The van der Waals surface area contributed by atoms with E-state index in [-0.39, 0.29) is 17.6 Å². The molecular weight excluding hydrogens is 345 g/mol. The van der Waals surface area contributed by atoms with Crippen LogP contribution in [0.3, 0.4) is 0 Å². The van der Waals surface area contributed by atoms with Crippen molar-refractivity contribution in [1.82, 2.24) is 24.8 Å². The van der Waals surface area contributed by atoms with Gasteiger partial charge in [-0.25, -0.2) is 19.3 Å². The highest BCUT2D eigenvalue weighted by Gasteiger charge is 2.29. The summed E-state index contributed by atoms with van der Waals surface area (Å²) >= 11 is 0. The second kappa shape index (κ2) is 7.26. The van der Waals surface area contributed by atoms with E-state index in [1.165, 1.54) is 18.5 Å². The number of carbonyl (C=O) groups is 1. The minimum Gasteiger partial charge on any atom is -0.341 e. The number of aromatic amines is 1. The lowest BCUT2D eigenvalue weighted by Gasteiger charge is -2.33. The minimum atomic E-state index is -0.276. The molecular formula is C20H20FN5O. The van der Waals surface area contributed by atoms with Crippen molar-refractivity contribution < 1.29 is 9.18 Å². The van der Waals surface area contributed by atoms with Crippen molar-refractivity contribution in [3.63, 3.8) is 0 Å². The number of hydrogen-bond acceptors (Lipinski definition) is 4. The largest absolute Gasteiger partial charge is 0.341 e. The van der Waals surface area contributed by atoms with Crippen molar-refractivity contribution >= 4 is 5.91 Å². The molecule has 0 aliphatic carbocycles. The lowest BCUT2D eigenvalue weighted by Crippen LogP contribution is -2.39. The highest BCUT2D eigenvalue weighted by molar-refractivity contribution is 5.92. The molecule has 1 aromatic carbocycles. The molecule has 3 heterocycles. The van der Waals surface area contributed by atoms with Gasteiger partial charge in [-0.15, -0.1) is 0 Å². The summed E-state index contributed by atoms with van der Waals surface area (Å²) in [6.07, 6.45) is 6.69. The predicted octanol–water partition coefficient (Wildman–Crippen LogP) is 3.33. The Kier molecular flexibility index (Phi) is 4.66. The summed E-state index contributed by atoms with van der Waals surface area (Å²) in [6, 6.07) is 6.36. The molecule has 1 saturated heterocycles. The van der Waals surface area contributed by atoms with Crippen LogP contribution in [0.5, 0.6) is 0 Å². The number of nitrogens with one attached hydrogen (secondary N) is 1. The number of benzene rings is 1. The molecule has 3 aromatic rings. The van der Waals surface area contributed by atoms with Gasteiger partial charge in [0.1, 0.15) is 17.3 Å². The average Bonchev–Trinajstić information content (AvgIpc) is 3.23. The van der Waals surface area contributed by atoms with E-state index in [0.717, 1.165) is 29.7 Å². The van der Waals surface area contributed by atoms with E-state index in [9.17, 15) is 9.18 Å². The Morgan fingerprint density at radius 1 is 1.26 bits per heavy atom. The number of hydrogen-bond donors (Lipinski definition) is 1. The van der Waals surface area contributed by atoms with Gasteiger partial charge in [-0.05, 0) is 37.5 Å². The Labute approximate surface area is 156 Å². The Bertz CT molecular complexity index is 940. The normalized spacial score (nSPS) is 17.1. The maximum Gasteiger partial charge on any atom is 0.271 e. The molecule has 0 radical (unpaired) electrons. The van der Waals surface area contributed by atoms with E-state index >= 15 is 0 Å². The first-order valence-electron chi connectivity index (χ1n) is 8.99. The SMILES string of the molecule is Cc1ncc(-c2ccc(F)cc2)c(C2CCCN(C(=O)c3cnc[nH]3)C2)n1. The molecule has 2 aromatic heterocycles. The van der Waals surface area contributed by atoms with Crippen LogP contribution in [0.25, 0.3) is 11.1 Å². The number of halogens is 1. The standard InChI is InChI=1S/C20H20FN5O/c1-13-23-9-17(14-4-6-16(21)7-5-14)19(25-13)15-3-2-8-26(11-15)20(27)18-10-22-12-24-18/h4-7,9-10,12,15H,2-3,8,11H2,1H3,(H,22,24). The minimum absolute atomic E-state index is 0.0497. The van der Waals surface area contributed by atoms with Gasteiger partial charge in [-0.3, -0.25) is 4.79 Å². The fourth-order valence-corrected chi connectivity index (χ4v) is 3.58. The molecule has 4 rings (SSSR count). The summed E-state index contributed by atoms with van der Waals surface area (Å²) in [4.78, 5) is 30.3. The summed E-state index contributed by atoms with van der Waals surface area (Å²) in [6.45, 7) is 3.15. The molecule has 1 aliphatic heterocycles. The average molecular weight is 365 g/mol. The van der Waals surface area contributed by atoms with Crippen LogP contribution < -0.4 is 0 Å². The van der Waals surface area contributed by atoms with Crippen LogP contribution >= 0.6 is 0 Å². The third kappa shape index (κ3) is 3.58. The summed E-state index contributed by atoms with van der Waals surface area (Å²) in [5.41, 5.74) is 3.18. The molecule has 1 fully saturated rings. The van der Waals surface area contributed by atoms with E-state index in [1.54, 1.807) is 24.5 Å². The number of piperidine rings is 1. The number of H-pyrrole nitrogens is 1. The van der Waals surface area contributed by atoms with Gasteiger partial charge in [0.05, 0.1) is 18.2 Å². The van der Waals surface area contributed by atoms with Gasteiger partial charge >= 0.3 is 0 Å². The van der Waals surface area contributed by atoms with Gasteiger partial charge in [0.2, 0.25) is 0 Å². The number of amides is 1. The van der Waals surface area contributed by atoms with E-state index in [0.29, 0.717) is 24.6 Å². The molecule has 1 atom stereocenters. The zero-order valence-electron chi connectivity index (χ0n) is 15.0. The molecule has 1 N–H and O–H groups in total. The molecule has 0 spiro atoms. The maximum absolute atomic E-state index is 13.3. The topological polar surface area (TPSA) is 74.8 Å². The number of imidazole rings is 1. The van der Waals surface area contributed by atoms with Crippen LogP contribution in [0.15, 0.2) is 43.0 Å². The Morgan fingerprint density at radius 3 is 2.81 bits per heavy atom.